The third-order valence-electron chi connectivity index (χ3n) is 10.6. The number of benzene rings is 8. The fourth-order valence-corrected chi connectivity index (χ4v) is 7.99. The molecule has 0 spiro atoms. The molecule has 0 aliphatic heterocycles. The minimum atomic E-state index is -0.208. The van der Waals surface area contributed by atoms with E-state index in [0.717, 1.165) is 25.7 Å². The number of carbonyl (C=O) groups is 2. The third-order valence-corrected chi connectivity index (χ3v) is 10.6. The lowest BCUT2D eigenvalue weighted by Crippen LogP contribution is -2.15. The second-order valence-corrected chi connectivity index (χ2v) is 14.1. The Labute approximate surface area is 320 Å². The molecule has 0 radical (unpaired) electrons. The molecule has 0 amide bonds. The molecular weight excluding hydrogens is 689 g/mol. The first-order valence-corrected chi connectivity index (χ1v) is 19.5. The third kappa shape index (κ3) is 8.35. The summed E-state index contributed by atoms with van der Waals surface area (Å²) < 4.78 is 27.4. The highest BCUT2D eigenvalue weighted by atomic mass is 16.6. The number of carbonyl (C=O) groups excluding carboxylic acids is 2. The summed E-state index contributed by atoms with van der Waals surface area (Å²) >= 11 is 0. The molecule has 8 aromatic rings. The summed E-state index contributed by atoms with van der Waals surface area (Å²) in [6.07, 6.45) is 3.83. The molecule has 7 nitrogen and oxygen atoms in total. The van der Waals surface area contributed by atoms with E-state index < -0.39 is 0 Å². The van der Waals surface area contributed by atoms with E-state index in [1.165, 1.54) is 75.8 Å². The smallest absolute Gasteiger partial charge is 0.305 e. The molecule has 0 fully saturated rings. The summed E-state index contributed by atoms with van der Waals surface area (Å²) in [5.41, 5.74) is 2.52. The Hall–Kier alpha value is -5.34. The van der Waals surface area contributed by atoms with Gasteiger partial charge in [-0.05, 0) is 101 Å². The average Bonchev–Trinajstić information content (AvgIpc) is 3.21. The fraction of sp³-hybridized carbons (Fsp3) is 0.292. The Balaban J connectivity index is 0.633. The van der Waals surface area contributed by atoms with Crippen LogP contribution >= 0.6 is 0 Å². The number of esters is 2. The van der Waals surface area contributed by atoms with Crippen LogP contribution < -0.4 is 0 Å². The lowest BCUT2D eigenvalue weighted by molar-refractivity contribution is -0.146. The maximum atomic E-state index is 12.3. The first-order chi connectivity index (χ1) is 27.1. The van der Waals surface area contributed by atoms with E-state index in [1.54, 1.807) is 0 Å². The molecule has 0 heterocycles. The number of ether oxygens (including phenoxy) is 5. The highest BCUT2D eigenvalue weighted by Gasteiger charge is 2.13. The van der Waals surface area contributed by atoms with Crippen molar-refractivity contribution in [2.45, 2.75) is 38.5 Å². The number of hydrogen-bond acceptors (Lipinski definition) is 7. The van der Waals surface area contributed by atoms with Crippen molar-refractivity contribution < 1.29 is 33.3 Å². The molecule has 0 N–H and O–H groups in total. The first kappa shape index (κ1) is 36.6. The van der Waals surface area contributed by atoms with Crippen LogP contribution in [0, 0.1) is 0 Å². The highest BCUT2D eigenvalue weighted by molar-refractivity contribution is 6.24. The van der Waals surface area contributed by atoms with Gasteiger partial charge in [0, 0.05) is 12.8 Å². The van der Waals surface area contributed by atoms with Crippen molar-refractivity contribution in [2.75, 3.05) is 52.9 Å². The van der Waals surface area contributed by atoms with Gasteiger partial charge in [-0.15, -0.1) is 0 Å². The van der Waals surface area contributed by atoms with Crippen LogP contribution in [-0.4, -0.2) is 64.8 Å². The summed E-state index contributed by atoms with van der Waals surface area (Å²) in [5, 5.41) is 15.3. The lowest BCUT2D eigenvalue weighted by atomic mass is 9.90. The quantitative estimate of drug-likeness (QED) is 0.0438. The van der Waals surface area contributed by atoms with E-state index in [9.17, 15) is 9.59 Å². The topological polar surface area (TPSA) is 80.3 Å². The number of aryl methyl sites for hydroxylation is 2. The van der Waals surface area contributed by atoms with Gasteiger partial charge in [-0.25, -0.2) is 0 Å². The fourth-order valence-electron chi connectivity index (χ4n) is 7.99. The van der Waals surface area contributed by atoms with Gasteiger partial charge in [0.15, 0.2) is 0 Å². The van der Waals surface area contributed by atoms with Gasteiger partial charge in [0.05, 0.1) is 39.6 Å². The van der Waals surface area contributed by atoms with E-state index in [0.29, 0.717) is 52.5 Å². The van der Waals surface area contributed by atoms with Gasteiger partial charge >= 0.3 is 11.9 Å². The molecule has 0 aromatic heterocycles. The van der Waals surface area contributed by atoms with Crippen molar-refractivity contribution >= 4 is 76.6 Å². The average molecular weight is 735 g/mol. The van der Waals surface area contributed by atoms with Crippen molar-refractivity contribution in [3.05, 3.63) is 120 Å². The molecule has 55 heavy (non-hydrogen) atoms. The monoisotopic (exact) mass is 734 g/mol. The van der Waals surface area contributed by atoms with Crippen molar-refractivity contribution in [1.82, 2.24) is 0 Å². The summed E-state index contributed by atoms with van der Waals surface area (Å²) in [6.45, 7) is 2.72. The predicted octanol–water partition coefficient (Wildman–Crippen LogP) is 9.96. The Morgan fingerprint density at radius 3 is 1.09 bits per heavy atom. The van der Waals surface area contributed by atoms with Gasteiger partial charge in [0.25, 0.3) is 0 Å². The second-order valence-electron chi connectivity index (χ2n) is 14.1. The van der Waals surface area contributed by atoms with Crippen LogP contribution in [0.25, 0.3) is 64.6 Å². The van der Waals surface area contributed by atoms with Gasteiger partial charge in [0.1, 0.15) is 13.2 Å². The second kappa shape index (κ2) is 17.4. The molecule has 7 heteroatoms. The van der Waals surface area contributed by atoms with Gasteiger partial charge in [-0.3, -0.25) is 9.59 Å². The van der Waals surface area contributed by atoms with E-state index in [-0.39, 0.29) is 25.2 Å². The van der Waals surface area contributed by atoms with Crippen LogP contribution in [0.2, 0.25) is 0 Å². The normalized spacial score (nSPS) is 11.9. The zero-order valence-corrected chi connectivity index (χ0v) is 31.1. The van der Waals surface area contributed by atoms with Crippen molar-refractivity contribution in [3.63, 3.8) is 0 Å². The van der Waals surface area contributed by atoms with Crippen LogP contribution in [-0.2, 0) is 46.1 Å². The Kier molecular flexibility index (Phi) is 11.6. The molecule has 0 saturated heterocycles. The first-order valence-electron chi connectivity index (χ1n) is 19.5. The largest absolute Gasteiger partial charge is 0.463 e. The Bertz CT molecular complexity index is 2330. The lowest BCUT2D eigenvalue weighted by Gasteiger charge is -2.14. The Morgan fingerprint density at radius 1 is 0.364 bits per heavy atom. The minimum Gasteiger partial charge on any atom is -0.463 e. The SMILES string of the molecule is O=C(CCCc1ccc2ccc3cccc4ccc1c2c34)OCCOCCOCCOCCOC(=O)CCCc1ccc2ccc3cccc4ccc1c2c34. The van der Waals surface area contributed by atoms with Crippen LogP contribution in [0.1, 0.15) is 36.8 Å². The van der Waals surface area contributed by atoms with Gasteiger partial charge in [0.2, 0.25) is 0 Å². The Morgan fingerprint density at radius 2 is 0.691 bits per heavy atom. The molecule has 8 rings (SSSR count). The standard InChI is InChI=1S/C48H46O7/c49-43(11-3-5-33-13-15-39-19-17-35-7-1-9-37-21-23-41(33)47(39)45(35)37)54-31-29-52-27-25-51-26-28-53-30-32-55-44(50)12-4-6-34-14-16-40-20-18-36-8-2-10-38-22-24-42(34)48(40)46(36)38/h1-2,7-10,13-24H,3-6,11-12,25-32H2. The molecular formula is C48H46O7. The van der Waals surface area contributed by atoms with E-state index in [4.69, 9.17) is 23.7 Å². The molecule has 0 unspecified atom stereocenters. The highest BCUT2D eigenvalue weighted by Crippen LogP contribution is 2.37. The molecule has 0 bridgehead atoms. The predicted molar refractivity (Wildman–Crippen MR) is 221 cm³/mol. The zero-order chi connectivity index (χ0) is 37.4. The van der Waals surface area contributed by atoms with E-state index in [2.05, 4.69) is 109 Å². The maximum Gasteiger partial charge on any atom is 0.305 e. The van der Waals surface area contributed by atoms with Crippen molar-refractivity contribution in [3.8, 4) is 0 Å². The minimum absolute atomic E-state index is 0.208. The molecule has 280 valence electrons. The molecule has 0 aliphatic rings. The summed E-state index contributed by atoms with van der Waals surface area (Å²) in [6, 6.07) is 39.2. The van der Waals surface area contributed by atoms with Crippen LogP contribution in [0.15, 0.2) is 109 Å². The van der Waals surface area contributed by atoms with E-state index in [1.807, 2.05) is 0 Å². The number of hydrogen-bond donors (Lipinski definition) is 0. The summed E-state index contributed by atoms with van der Waals surface area (Å²) in [7, 11) is 0. The summed E-state index contributed by atoms with van der Waals surface area (Å²) in [4.78, 5) is 24.7. The van der Waals surface area contributed by atoms with Gasteiger partial charge < -0.3 is 23.7 Å². The van der Waals surface area contributed by atoms with Crippen LogP contribution in [0.4, 0.5) is 0 Å². The van der Waals surface area contributed by atoms with Gasteiger partial charge in [-0.2, -0.15) is 0 Å². The van der Waals surface area contributed by atoms with Crippen LogP contribution in [0.5, 0.6) is 0 Å². The summed E-state index contributed by atoms with van der Waals surface area (Å²) in [5.74, 6) is -0.416. The van der Waals surface area contributed by atoms with Crippen molar-refractivity contribution in [1.29, 1.82) is 0 Å². The molecule has 0 aliphatic carbocycles. The maximum absolute atomic E-state index is 12.3. The number of rotatable bonds is 20. The van der Waals surface area contributed by atoms with Crippen molar-refractivity contribution in [2.24, 2.45) is 0 Å². The molecule has 0 saturated carbocycles. The molecule has 0 atom stereocenters. The van der Waals surface area contributed by atoms with Gasteiger partial charge in [-0.1, -0.05) is 109 Å². The molecule has 8 aromatic carbocycles. The van der Waals surface area contributed by atoms with Crippen LogP contribution in [0.3, 0.4) is 0 Å². The zero-order valence-electron chi connectivity index (χ0n) is 31.1. The van der Waals surface area contributed by atoms with E-state index >= 15 is 0 Å².